The summed E-state index contributed by atoms with van der Waals surface area (Å²) in [6.07, 6.45) is 2.91. The second kappa shape index (κ2) is 8.20. The Labute approximate surface area is 115 Å². The van der Waals surface area contributed by atoms with E-state index >= 15 is 0 Å². The van der Waals surface area contributed by atoms with Gasteiger partial charge < -0.3 is 10.2 Å². The van der Waals surface area contributed by atoms with Crippen molar-refractivity contribution < 1.29 is 10.2 Å². The Morgan fingerprint density at radius 3 is 2.05 bits per heavy atom. The van der Waals surface area contributed by atoms with Gasteiger partial charge in [0.05, 0.1) is 0 Å². The molecule has 0 unspecified atom stereocenters. The third-order valence-corrected chi connectivity index (χ3v) is 2.87. The molecule has 2 N–H and O–H groups in total. The van der Waals surface area contributed by atoms with Gasteiger partial charge in [-0.1, -0.05) is 62.7 Å². The summed E-state index contributed by atoms with van der Waals surface area (Å²) in [5.74, 6) is -0.00898. The molecule has 0 spiro atoms. The first-order chi connectivity index (χ1) is 9.19. The van der Waals surface area contributed by atoms with Crippen LogP contribution >= 0.6 is 0 Å². The van der Waals surface area contributed by atoms with Crippen molar-refractivity contribution in [2.24, 2.45) is 0 Å². The van der Waals surface area contributed by atoms with E-state index in [1.807, 2.05) is 19.1 Å². The van der Waals surface area contributed by atoms with Crippen LogP contribution in [0.4, 0.5) is 0 Å². The average molecular weight is 258 g/mol. The van der Waals surface area contributed by atoms with Crippen LogP contribution in [0.2, 0.25) is 0 Å². The normalized spacial score (nSPS) is 9.58. The van der Waals surface area contributed by atoms with Crippen molar-refractivity contribution in [3.8, 4) is 11.5 Å². The molecule has 2 heteroatoms. The zero-order chi connectivity index (χ0) is 14.1. The molecule has 0 aliphatic carbocycles. The summed E-state index contributed by atoms with van der Waals surface area (Å²) in [6, 6.07) is 15.5. The van der Waals surface area contributed by atoms with Crippen molar-refractivity contribution in [3.05, 3.63) is 59.7 Å². The molecule has 2 rings (SSSR count). The summed E-state index contributed by atoms with van der Waals surface area (Å²) < 4.78 is 0. The van der Waals surface area contributed by atoms with Crippen LogP contribution in [0.5, 0.6) is 11.5 Å². The zero-order valence-electron chi connectivity index (χ0n) is 11.6. The van der Waals surface area contributed by atoms with Crippen LogP contribution in [0.1, 0.15) is 31.4 Å². The average Bonchev–Trinajstić information content (AvgIpc) is 2.46. The standard InChI is InChI=1S/C9H12O2.C8H10/c1-2-4-7-5-3-6-8(10)9(7)11;1-2-8-6-4-3-5-7-8/h3,5-6,10-11H,2,4H2,1H3;3-7H,2H2,1H3. The van der Waals surface area contributed by atoms with Gasteiger partial charge in [-0.3, -0.25) is 0 Å². The van der Waals surface area contributed by atoms with Crippen molar-refractivity contribution in [1.82, 2.24) is 0 Å². The SMILES string of the molecule is CCCc1cccc(O)c1O.CCc1ccccc1. The fourth-order valence-electron chi connectivity index (χ4n) is 1.76. The van der Waals surface area contributed by atoms with Crippen molar-refractivity contribution in [1.29, 1.82) is 0 Å². The fraction of sp³-hybridized carbons (Fsp3) is 0.294. The van der Waals surface area contributed by atoms with Crippen molar-refractivity contribution in [2.45, 2.75) is 33.1 Å². The highest BCUT2D eigenvalue weighted by atomic mass is 16.3. The lowest BCUT2D eigenvalue weighted by Gasteiger charge is -2.03. The van der Waals surface area contributed by atoms with Gasteiger partial charge >= 0.3 is 0 Å². The molecule has 2 aromatic carbocycles. The van der Waals surface area contributed by atoms with E-state index in [2.05, 4.69) is 31.2 Å². The second-order valence-electron chi connectivity index (χ2n) is 4.37. The third-order valence-electron chi connectivity index (χ3n) is 2.87. The molecule has 0 heterocycles. The fourth-order valence-corrected chi connectivity index (χ4v) is 1.76. The molecule has 0 saturated carbocycles. The second-order valence-corrected chi connectivity index (χ2v) is 4.37. The van der Waals surface area contributed by atoms with Crippen LogP contribution in [-0.2, 0) is 12.8 Å². The van der Waals surface area contributed by atoms with E-state index in [0.717, 1.165) is 24.8 Å². The summed E-state index contributed by atoms with van der Waals surface area (Å²) in [4.78, 5) is 0. The summed E-state index contributed by atoms with van der Waals surface area (Å²) in [5, 5.41) is 18.4. The molecule has 0 aromatic heterocycles. The predicted octanol–water partition coefficient (Wildman–Crippen LogP) is 4.30. The molecule has 0 radical (unpaired) electrons. The first-order valence-electron chi connectivity index (χ1n) is 6.72. The predicted molar refractivity (Wildman–Crippen MR) is 79.6 cm³/mol. The maximum absolute atomic E-state index is 9.28. The van der Waals surface area contributed by atoms with Crippen LogP contribution in [0, 0.1) is 0 Å². The van der Waals surface area contributed by atoms with Crippen LogP contribution in [0.15, 0.2) is 48.5 Å². The quantitative estimate of drug-likeness (QED) is 0.806. The number of para-hydroxylation sites is 1. The van der Waals surface area contributed by atoms with Gasteiger partial charge in [0.15, 0.2) is 11.5 Å². The van der Waals surface area contributed by atoms with Crippen LogP contribution in [-0.4, -0.2) is 10.2 Å². The molecule has 0 amide bonds. The molecule has 2 nitrogen and oxygen atoms in total. The van der Waals surface area contributed by atoms with Gasteiger partial charge in [-0.25, -0.2) is 0 Å². The summed E-state index contributed by atoms with van der Waals surface area (Å²) in [6.45, 7) is 4.19. The molecule has 0 aliphatic heterocycles. The Kier molecular flexibility index (Phi) is 6.51. The first kappa shape index (κ1) is 15.1. The zero-order valence-corrected chi connectivity index (χ0v) is 11.6. The lowest BCUT2D eigenvalue weighted by Crippen LogP contribution is -1.83. The van der Waals surface area contributed by atoms with Crippen LogP contribution in [0.25, 0.3) is 0 Å². The Morgan fingerprint density at radius 2 is 1.53 bits per heavy atom. The molecule has 0 fully saturated rings. The molecule has 2 aromatic rings. The molecule has 0 atom stereocenters. The van der Waals surface area contributed by atoms with Gasteiger partial charge in [0.25, 0.3) is 0 Å². The Bertz CT molecular complexity index is 478. The van der Waals surface area contributed by atoms with Gasteiger partial charge in [-0.15, -0.1) is 0 Å². The molecule has 0 saturated heterocycles. The number of hydrogen-bond acceptors (Lipinski definition) is 2. The van der Waals surface area contributed by atoms with Crippen molar-refractivity contribution in [3.63, 3.8) is 0 Å². The molecule has 19 heavy (non-hydrogen) atoms. The number of aryl methyl sites for hydroxylation is 2. The maximum atomic E-state index is 9.28. The van der Waals surface area contributed by atoms with Crippen LogP contribution < -0.4 is 0 Å². The van der Waals surface area contributed by atoms with E-state index in [1.54, 1.807) is 6.07 Å². The van der Waals surface area contributed by atoms with E-state index in [1.165, 1.54) is 11.6 Å². The van der Waals surface area contributed by atoms with E-state index in [4.69, 9.17) is 5.11 Å². The highest BCUT2D eigenvalue weighted by Gasteiger charge is 2.02. The summed E-state index contributed by atoms with van der Waals surface area (Å²) in [7, 11) is 0. The van der Waals surface area contributed by atoms with Crippen molar-refractivity contribution in [2.75, 3.05) is 0 Å². The van der Waals surface area contributed by atoms with Gasteiger partial charge in [-0.2, -0.15) is 0 Å². The summed E-state index contributed by atoms with van der Waals surface area (Å²) in [5.41, 5.74) is 2.22. The molecular formula is C17H22O2. The van der Waals surface area contributed by atoms with Crippen LogP contribution in [0.3, 0.4) is 0 Å². The number of rotatable bonds is 3. The Hall–Kier alpha value is -1.96. The van der Waals surface area contributed by atoms with Gasteiger partial charge in [0.2, 0.25) is 0 Å². The minimum absolute atomic E-state index is 0.0225. The Balaban J connectivity index is 0.000000200. The topological polar surface area (TPSA) is 40.5 Å². The third kappa shape index (κ3) is 5.04. The van der Waals surface area contributed by atoms with E-state index < -0.39 is 0 Å². The van der Waals surface area contributed by atoms with Gasteiger partial charge in [0, 0.05) is 0 Å². The number of hydrogen-bond donors (Lipinski definition) is 2. The highest BCUT2D eigenvalue weighted by Crippen LogP contribution is 2.28. The molecular weight excluding hydrogens is 236 g/mol. The van der Waals surface area contributed by atoms with Gasteiger partial charge in [-0.05, 0) is 30.0 Å². The Morgan fingerprint density at radius 1 is 0.842 bits per heavy atom. The lowest BCUT2D eigenvalue weighted by molar-refractivity contribution is 0.399. The number of benzene rings is 2. The molecule has 102 valence electrons. The van der Waals surface area contributed by atoms with Gasteiger partial charge in [0.1, 0.15) is 0 Å². The lowest BCUT2D eigenvalue weighted by atomic mass is 10.1. The van der Waals surface area contributed by atoms with E-state index in [0.29, 0.717) is 0 Å². The minimum Gasteiger partial charge on any atom is -0.504 e. The first-order valence-corrected chi connectivity index (χ1v) is 6.72. The number of phenolic OH excluding ortho intramolecular Hbond substituents is 2. The summed E-state index contributed by atoms with van der Waals surface area (Å²) >= 11 is 0. The molecule has 0 bridgehead atoms. The largest absolute Gasteiger partial charge is 0.504 e. The van der Waals surface area contributed by atoms with Crippen molar-refractivity contribution >= 4 is 0 Å². The number of phenols is 2. The van der Waals surface area contributed by atoms with E-state index in [9.17, 15) is 5.11 Å². The molecule has 0 aliphatic rings. The minimum atomic E-state index is -0.0315. The number of aromatic hydroxyl groups is 2. The maximum Gasteiger partial charge on any atom is 0.160 e. The monoisotopic (exact) mass is 258 g/mol. The highest BCUT2D eigenvalue weighted by molar-refractivity contribution is 5.44. The smallest absolute Gasteiger partial charge is 0.160 e. The van der Waals surface area contributed by atoms with E-state index in [-0.39, 0.29) is 11.5 Å².